The number of amides is 1. The summed E-state index contributed by atoms with van der Waals surface area (Å²) in [5, 5.41) is 6.59. The highest BCUT2D eigenvalue weighted by atomic mass is 32.1. The Morgan fingerprint density at radius 2 is 1.92 bits per heavy atom. The molecule has 130 valence electrons. The normalized spacial score (nSPS) is 11.6. The zero-order chi connectivity index (χ0) is 18.2. The van der Waals surface area contributed by atoms with Gasteiger partial charge in [0.15, 0.2) is 0 Å². The number of aryl methyl sites for hydroxylation is 1. The summed E-state index contributed by atoms with van der Waals surface area (Å²) in [6.07, 6.45) is 0. The van der Waals surface area contributed by atoms with E-state index >= 15 is 0 Å². The number of benzene rings is 1. The van der Waals surface area contributed by atoms with E-state index in [0.717, 1.165) is 18.2 Å². The van der Waals surface area contributed by atoms with Gasteiger partial charge >= 0.3 is 5.92 Å². The van der Waals surface area contributed by atoms with Gasteiger partial charge in [0.1, 0.15) is 5.69 Å². The van der Waals surface area contributed by atoms with E-state index in [1.165, 1.54) is 18.3 Å². The molecular weight excluding hydrogens is 346 g/mol. The second-order valence-electron chi connectivity index (χ2n) is 5.81. The van der Waals surface area contributed by atoms with Crippen LogP contribution in [-0.4, -0.2) is 11.1 Å². The number of thiophene rings is 1. The van der Waals surface area contributed by atoms with E-state index in [0.29, 0.717) is 15.4 Å². The number of carbonyl (C=O) groups is 1. The molecule has 3 aromatic rings. The molecular formula is C18H16F2N2O2S. The Labute approximate surface area is 147 Å². The van der Waals surface area contributed by atoms with Crippen LogP contribution in [0.25, 0.3) is 10.6 Å². The quantitative estimate of drug-likeness (QED) is 0.677. The molecule has 0 bridgehead atoms. The average Bonchev–Trinajstić information content (AvgIpc) is 3.15. The van der Waals surface area contributed by atoms with E-state index in [1.54, 1.807) is 12.1 Å². The van der Waals surface area contributed by atoms with E-state index < -0.39 is 11.7 Å². The molecule has 2 aromatic heterocycles. The Bertz CT molecular complexity index is 925. The third-order valence-electron chi connectivity index (χ3n) is 3.78. The maximum atomic E-state index is 13.5. The maximum Gasteiger partial charge on any atom is 0.304 e. The standard InChI is InChI=1S/C18H16F2N2O2S/c1-10-6-4-5-7-12(10)21-17(23)14-9-8-13(25-14)15-11(2)16(24-22-15)18(3,19)20/h4-9H,1-3H3,(H,21,23). The zero-order valence-electron chi connectivity index (χ0n) is 13.9. The molecule has 0 saturated carbocycles. The average molecular weight is 362 g/mol. The monoisotopic (exact) mass is 362 g/mol. The molecule has 1 amide bonds. The molecule has 1 N–H and O–H groups in total. The van der Waals surface area contributed by atoms with Gasteiger partial charge in [-0.25, -0.2) is 0 Å². The summed E-state index contributed by atoms with van der Waals surface area (Å²) in [4.78, 5) is 13.5. The third kappa shape index (κ3) is 3.46. The van der Waals surface area contributed by atoms with Gasteiger partial charge in [-0.3, -0.25) is 4.79 Å². The van der Waals surface area contributed by atoms with Gasteiger partial charge in [0, 0.05) is 18.2 Å². The van der Waals surface area contributed by atoms with E-state index in [-0.39, 0.29) is 11.5 Å². The van der Waals surface area contributed by atoms with Gasteiger partial charge in [-0.2, -0.15) is 8.78 Å². The number of aromatic nitrogens is 1. The Morgan fingerprint density at radius 1 is 1.20 bits per heavy atom. The van der Waals surface area contributed by atoms with Gasteiger partial charge in [0.05, 0.1) is 9.75 Å². The first-order chi connectivity index (χ1) is 11.8. The minimum atomic E-state index is -3.10. The first-order valence-corrected chi connectivity index (χ1v) is 8.41. The molecule has 1 aromatic carbocycles. The lowest BCUT2D eigenvalue weighted by atomic mass is 10.1. The number of nitrogens with zero attached hydrogens (tertiary/aromatic N) is 1. The van der Waals surface area contributed by atoms with Crippen molar-refractivity contribution >= 4 is 22.9 Å². The van der Waals surface area contributed by atoms with E-state index in [1.807, 2.05) is 31.2 Å². The molecule has 0 spiro atoms. The molecule has 3 rings (SSSR count). The molecule has 7 heteroatoms. The number of carbonyl (C=O) groups excluding carboxylic acids is 1. The maximum absolute atomic E-state index is 13.5. The number of nitrogens with one attached hydrogen (secondary N) is 1. The predicted octanol–water partition coefficient (Wildman–Crippen LogP) is 5.38. The predicted molar refractivity (Wildman–Crippen MR) is 93.3 cm³/mol. The summed E-state index contributed by atoms with van der Waals surface area (Å²) in [7, 11) is 0. The van der Waals surface area contributed by atoms with Crippen LogP contribution in [0.4, 0.5) is 14.5 Å². The number of rotatable bonds is 4. The molecule has 25 heavy (non-hydrogen) atoms. The highest BCUT2D eigenvalue weighted by Crippen LogP contribution is 2.37. The molecule has 0 fully saturated rings. The lowest BCUT2D eigenvalue weighted by Gasteiger charge is -2.06. The molecule has 0 aliphatic carbocycles. The molecule has 0 aliphatic heterocycles. The van der Waals surface area contributed by atoms with E-state index in [4.69, 9.17) is 4.52 Å². The Morgan fingerprint density at radius 3 is 2.56 bits per heavy atom. The fourth-order valence-electron chi connectivity index (χ4n) is 2.46. The van der Waals surface area contributed by atoms with Gasteiger partial charge < -0.3 is 9.84 Å². The van der Waals surface area contributed by atoms with Gasteiger partial charge in [0.25, 0.3) is 5.91 Å². The number of halogens is 2. The first-order valence-electron chi connectivity index (χ1n) is 7.59. The molecule has 0 saturated heterocycles. The van der Waals surface area contributed by atoms with Crippen molar-refractivity contribution in [2.45, 2.75) is 26.7 Å². The van der Waals surface area contributed by atoms with Crippen molar-refractivity contribution < 1.29 is 18.1 Å². The zero-order valence-corrected chi connectivity index (χ0v) is 14.7. The second-order valence-corrected chi connectivity index (χ2v) is 6.89. The van der Waals surface area contributed by atoms with Crippen molar-refractivity contribution in [1.82, 2.24) is 5.16 Å². The Balaban J connectivity index is 1.85. The molecule has 0 atom stereocenters. The summed E-state index contributed by atoms with van der Waals surface area (Å²) in [6, 6.07) is 10.8. The molecule has 4 nitrogen and oxygen atoms in total. The second kappa shape index (κ2) is 6.40. The van der Waals surface area contributed by atoms with Crippen molar-refractivity contribution in [3.05, 3.63) is 58.2 Å². The van der Waals surface area contributed by atoms with Crippen LogP contribution in [0.3, 0.4) is 0 Å². The highest BCUT2D eigenvalue weighted by molar-refractivity contribution is 7.17. The van der Waals surface area contributed by atoms with Crippen LogP contribution in [-0.2, 0) is 5.92 Å². The Hall–Kier alpha value is -2.54. The minimum Gasteiger partial charge on any atom is -0.354 e. The fraction of sp³-hybridized carbons (Fsp3) is 0.222. The SMILES string of the molecule is Cc1ccccc1NC(=O)c1ccc(-c2noc(C(C)(F)F)c2C)s1. The van der Waals surface area contributed by atoms with Crippen LogP contribution in [0.15, 0.2) is 40.9 Å². The third-order valence-corrected chi connectivity index (χ3v) is 4.87. The summed E-state index contributed by atoms with van der Waals surface area (Å²) in [6.45, 7) is 4.20. The van der Waals surface area contributed by atoms with Crippen LogP contribution < -0.4 is 5.32 Å². The Kier molecular flexibility index (Phi) is 4.43. The first kappa shape index (κ1) is 17.3. The van der Waals surface area contributed by atoms with Crippen molar-refractivity contribution in [2.24, 2.45) is 0 Å². The van der Waals surface area contributed by atoms with Gasteiger partial charge in [-0.15, -0.1) is 11.3 Å². The number of alkyl halides is 2. The van der Waals surface area contributed by atoms with E-state index in [9.17, 15) is 13.6 Å². The van der Waals surface area contributed by atoms with Crippen LogP contribution in [0.1, 0.15) is 33.5 Å². The van der Waals surface area contributed by atoms with Gasteiger partial charge in [0.2, 0.25) is 5.76 Å². The van der Waals surface area contributed by atoms with Gasteiger partial charge in [-0.1, -0.05) is 23.4 Å². The fourth-order valence-corrected chi connectivity index (χ4v) is 3.40. The van der Waals surface area contributed by atoms with Gasteiger partial charge in [-0.05, 0) is 37.6 Å². The summed E-state index contributed by atoms with van der Waals surface area (Å²) >= 11 is 1.18. The molecule has 0 unspecified atom stereocenters. The molecule has 0 aliphatic rings. The number of hydrogen-bond acceptors (Lipinski definition) is 4. The molecule has 0 radical (unpaired) electrons. The van der Waals surface area contributed by atoms with Crippen LogP contribution in [0, 0.1) is 13.8 Å². The van der Waals surface area contributed by atoms with Crippen LogP contribution >= 0.6 is 11.3 Å². The van der Waals surface area contributed by atoms with Crippen molar-refractivity contribution in [2.75, 3.05) is 5.32 Å². The smallest absolute Gasteiger partial charge is 0.304 e. The number of hydrogen-bond donors (Lipinski definition) is 1. The number of anilines is 1. The minimum absolute atomic E-state index is 0.257. The molecule has 2 heterocycles. The van der Waals surface area contributed by atoms with Crippen LogP contribution in [0.2, 0.25) is 0 Å². The lowest BCUT2D eigenvalue weighted by Crippen LogP contribution is -2.10. The van der Waals surface area contributed by atoms with Crippen molar-refractivity contribution in [3.8, 4) is 10.6 Å². The lowest BCUT2D eigenvalue weighted by molar-refractivity contribution is -0.0112. The number of para-hydroxylation sites is 1. The van der Waals surface area contributed by atoms with Crippen molar-refractivity contribution in [1.29, 1.82) is 0 Å². The largest absolute Gasteiger partial charge is 0.354 e. The van der Waals surface area contributed by atoms with E-state index in [2.05, 4.69) is 10.5 Å². The highest BCUT2D eigenvalue weighted by Gasteiger charge is 2.33. The summed E-state index contributed by atoms with van der Waals surface area (Å²) in [5.41, 5.74) is 2.29. The summed E-state index contributed by atoms with van der Waals surface area (Å²) < 4.78 is 31.7. The topological polar surface area (TPSA) is 55.1 Å². The van der Waals surface area contributed by atoms with Crippen LogP contribution in [0.5, 0.6) is 0 Å². The summed E-state index contributed by atoms with van der Waals surface area (Å²) in [5.74, 6) is -3.81. The van der Waals surface area contributed by atoms with Crippen molar-refractivity contribution in [3.63, 3.8) is 0 Å².